The normalized spacial score (nSPS) is 18.1. The molecule has 2 unspecified atom stereocenters. The molecule has 3 aromatic heterocycles. The van der Waals surface area contributed by atoms with Crippen LogP contribution < -0.4 is 5.73 Å². The maximum atomic E-state index is 13.5. The first kappa shape index (κ1) is 29.4. The number of ether oxygens (including phenoxy) is 2. The first-order chi connectivity index (χ1) is 21.1. The second kappa shape index (κ2) is 11.8. The van der Waals surface area contributed by atoms with E-state index in [0.717, 1.165) is 57.4 Å². The van der Waals surface area contributed by atoms with Gasteiger partial charge >= 0.3 is 6.09 Å². The maximum Gasteiger partial charge on any atom is 0.405 e. The number of pyridine rings is 3. The molecule has 224 valence electrons. The summed E-state index contributed by atoms with van der Waals surface area (Å²) >= 11 is 0. The van der Waals surface area contributed by atoms with Crippen molar-refractivity contribution < 1.29 is 18.7 Å². The summed E-state index contributed by atoms with van der Waals surface area (Å²) in [4.78, 5) is 25.3. The molecule has 1 aliphatic rings. The van der Waals surface area contributed by atoms with Crippen LogP contribution >= 0.6 is 0 Å². The predicted molar refractivity (Wildman–Crippen MR) is 168 cm³/mol. The minimum Gasteiger partial charge on any atom is -0.438 e. The van der Waals surface area contributed by atoms with Crippen molar-refractivity contribution in [2.45, 2.75) is 52.4 Å². The fraction of sp³-hybridized carbons (Fsp3) is 0.278. The quantitative estimate of drug-likeness (QED) is 0.184. The molecule has 2 N–H and O–H groups in total. The molecule has 8 heteroatoms. The maximum absolute atomic E-state index is 13.5. The van der Waals surface area contributed by atoms with Crippen LogP contribution in [-0.2, 0) is 28.3 Å². The number of primary amides is 1. The van der Waals surface area contributed by atoms with Gasteiger partial charge < -0.3 is 15.2 Å². The number of hydrogen-bond donors (Lipinski definition) is 1. The molecular weight excluding hydrogens is 555 g/mol. The summed E-state index contributed by atoms with van der Waals surface area (Å²) in [6.07, 6.45) is 4.08. The van der Waals surface area contributed by atoms with E-state index in [1.165, 1.54) is 12.3 Å². The average Bonchev–Trinajstić information content (AvgIpc) is 2.98. The molecule has 0 saturated heterocycles. The van der Waals surface area contributed by atoms with Gasteiger partial charge in [-0.15, -0.1) is 0 Å². The van der Waals surface area contributed by atoms with Gasteiger partial charge in [0.15, 0.2) is 0 Å². The van der Waals surface area contributed by atoms with E-state index in [9.17, 15) is 9.18 Å². The summed E-state index contributed by atoms with van der Waals surface area (Å²) in [6, 6.07) is 25.3. The van der Waals surface area contributed by atoms with Crippen LogP contribution in [-0.4, -0.2) is 21.0 Å². The third kappa shape index (κ3) is 5.77. The van der Waals surface area contributed by atoms with Crippen molar-refractivity contribution in [3.8, 4) is 22.4 Å². The Kier molecular flexibility index (Phi) is 7.86. The molecule has 1 fully saturated rings. The number of aromatic nitrogens is 3. The van der Waals surface area contributed by atoms with Crippen molar-refractivity contribution in [2.75, 3.05) is 0 Å². The SMILES string of the molecule is CC(C)(C)C1CCC1(OC(N)=O)c1ccc(-c2nc3ccnc(COCc4ccnc(F)c4)c3cc2-c2ccccc2)cc1. The Morgan fingerprint density at radius 3 is 2.36 bits per heavy atom. The number of carbonyl (C=O) groups is 1. The van der Waals surface area contributed by atoms with E-state index in [4.69, 9.17) is 20.2 Å². The monoisotopic (exact) mass is 590 g/mol. The van der Waals surface area contributed by atoms with E-state index in [1.54, 1.807) is 12.3 Å². The predicted octanol–water partition coefficient (Wildman–Crippen LogP) is 7.96. The highest BCUT2D eigenvalue weighted by molar-refractivity contribution is 5.92. The van der Waals surface area contributed by atoms with Gasteiger partial charge in [-0.3, -0.25) is 4.98 Å². The number of fused-ring (bicyclic) bond motifs is 1. The molecule has 1 aliphatic carbocycles. The van der Waals surface area contributed by atoms with Crippen LogP contribution in [0.4, 0.5) is 9.18 Å². The van der Waals surface area contributed by atoms with Gasteiger partial charge in [-0.1, -0.05) is 75.4 Å². The fourth-order valence-electron chi connectivity index (χ4n) is 6.42. The van der Waals surface area contributed by atoms with E-state index in [1.807, 2.05) is 48.5 Å². The van der Waals surface area contributed by atoms with E-state index < -0.39 is 17.6 Å². The highest BCUT2D eigenvalue weighted by atomic mass is 19.1. The van der Waals surface area contributed by atoms with E-state index in [2.05, 4.69) is 48.9 Å². The molecule has 2 aromatic carbocycles. The summed E-state index contributed by atoms with van der Waals surface area (Å²) < 4.78 is 25.3. The van der Waals surface area contributed by atoms with Crippen LogP contribution in [0.25, 0.3) is 33.3 Å². The van der Waals surface area contributed by atoms with Gasteiger partial charge in [-0.2, -0.15) is 4.39 Å². The van der Waals surface area contributed by atoms with Crippen LogP contribution in [0.15, 0.2) is 91.3 Å². The van der Waals surface area contributed by atoms with Crippen molar-refractivity contribution >= 4 is 17.0 Å². The van der Waals surface area contributed by atoms with Crippen molar-refractivity contribution in [3.05, 3.63) is 114 Å². The van der Waals surface area contributed by atoms with Crippen LogP contribution in [0.3, 0.4) is 0 Å². The van der Waals surface area contributed by atoms with Gasteiger partial charge in [-0.25, -0.2) is 14.8 Å². The summed E-state index contributed by atoms with van der Waals surface area (Å²) in [5.74, 6) is -0.387. The second-order valence-corrected chi connectivity index (χ2v) is 12.4. The minimum atomic E-state index is -0.757. The lowest BCUT2D eigenvalue weighted by atomic mass is 9.56. The zero-order valence-corrected chi connectivity index (χ0v) is 25.1. The van der Waals surface area contributed by atoms with Crippen molar-refractivity contribution in [1.29, 1.82) is 0 Å². The largest absolute Gasteiger partial charge is 0.438 e. The highest BCUT2D eigenvalue weighted by Gasteiger charge is 2.55. The number of halogens is 1. The standard InChI is InChI=1S/C36H35FN4O3/c1-35(2,3)31-13-16-36(31,44-34(38)42)26-11-9-25(10-12-26)33-27(24-7-5-4-6-8-24)20-28-29(41-33)15-18-39-30(28)22-43-21-23-14-17-40-32(37)19-23/h4-12,14-15,17-20,31H,13,16,21-22H2,1-3H3,(H2,38,42). The first-order valence-corrected chi connectivity index (χ1v) is 14.8. The van der Waals surface area contributed by atoms with Gasteiger partial charge in [0.2, 0.25) is 5.95 Å². The lowest BCUT2D eigenvalue weighted by Gasteiger charge is -2.54. The summed E-state index contributed by atoms with van der Waals surface area (Å²) in [5, 5.41) is 0.879. The number of hydrogen-bond acceptors (Lipinski definition) is 6. The van der Waals surface area contributed by atoms with Crippen LogP contribution in [0.2, 0.25) is 0 Å². The molecule has 7 nitrogen and oxygen atoms in total. The smallest absolute Gasteiger partial charge is 0.405 e. The van der Waals surface area contributed by atoms with Gasteiger partial charge in [0, 0.05) is 34.8 Å². The van der Waals surface area contributed by atoms with Gasteiger partial charge in [0.25, 0.3) is 0 Å². The third-order valence-corrected chi connectivity index (χ3v) is 8.55. The number of benzene rings is 2. The molecule has 0 spiro atoms. The summed E-state index contributed by atoms with van der Waals surface area (Å²) in [5.41, 5.74) is 11.7. The zero-order chi connectivity index (χ0) is 30.9. The Balaban J connectivity index is 1.37. The third-order valence-electron chi connectivity index (χ3n) is 8.55. The molecule has 6 rings (SSSR count). The Morgan fingerprint density at radius 2 is 1.70 bits per heavy atom. The molecule has 0 radical (unpaired) electrons. The summed E-state index contributed by atoms with van der Waals surface area (Å²) in [6.45, 7) is 6.98. The summed E-state index contributed by atoms with van der Waals surface area (Å²) in [7, 11) is 0. The van der Waals surface area contributed by atoms with Gasteiger partial charge in [0.1, 0.15) is 5.60 Å². The van der Waals surface area contributed by atoms with E-state index >= 15 is 0 Å². The van der Waals surface area contributed by atoms with Crippen molar-refractivity contribution in [1.82, 2.24) is 15.0 Å². The molecule has 0 aliphatic heterocycles. The van der Waals surface area contributed by atoms with Crippen LogP contribution in [0, 0.1) is 17.3 Å². The minimum absolute atomic E-state index is 0.0588. The molecule has 0 bridgehead atoms. The lowest BCUT2D eigenvalue weighted by molar-refractivity contribution is -0.144. The zero-order valence-electron chi connectivity index (χ0n) is 25.1. The molecule has 3 heterocycles. The van der Waals surface area contributed by atoms with Crippen molar-refractivity contribution in [3.63, 3.8) is 0 Å². The molecule has 1 saturated carbocycles. The molecule has 1 amide bonds. The lowest BCUT2D eigenvalue weighted by Crippen LogP contribution is -2.53. The van der Waals surface area contributed by atoms with Crippen molar-refractivity contribution in [2.24, 2.45) is 17.1 Å². The highest BCUT2D eigenvalue weighted by Crippen LogP contribution is 2.57. The molecule has 2 atom stereocenters. The van der Waals surface area contributed by atoms with E-state index in [-0.39, 0.29) is 24.5 Å². The number of carbonyl (C=O) groups excluding carboxylic acids is 1. The number of rotatable bonds is 8. The molecular formula is C36H35FN4O3. The fourth-order valence-corrected chi connectivity index (χ4v) is 6.42. The Morgan fingerprint density at radius 1 is 0.955 bits per heavy atom. The Bertz CT molecular complexity index is 1810. The number of amides is 1. The number of nitrogens with two attached hydrogens (primary N) is 1. The molecule has 5 aromatic rings. The van der Waals surface area contributed by atoms with Crippen LogP contribution in [0.1, 0.15) is 50.4 Å². The second-order valence-electron chi connectivity index (χ2n) is 12.4. The Labute approximate surface area is 256 Å². The first-order valence-electron chi connectivity index (χ1n) is 14.8. The number of nitrogens with zero attached hydrogens (tertiary/aromatic N) is 3. The van der Waals surface area contributed by atoms with E-state index in [0.29, 0.717) is 5.56 Å². The van der Waals surface area contributed by atoms with Gasteiger partial charge in [0.05, 0.1) is 30.1 Å². The molecule has 44 heavy (non-hydrogen) atoms. The van der Waals surface area contributed by atoms with Gasteiger partial charge in [-0.05, 0) is 59.2 Å². The topological polar surface area (TPSA) is 100 Å². The average molecular weight is 591 g/mol. The Hall–Kier alpha value is -4.69. The van der Waals surface area contributed by atoms with Crippen LogP contribution in [0.5, 0.6) is 0 Å².